The van der Waals surface area contributed by atoms with Crippen LogP contribution in [0.5, 0.6) is 0 Å². The number of likely N-dealkylation sites (tertiary alicyclic amines) is 1. The Balaban J connectivity index is 1.40. The molecule has 2 saturated carbocycles. The van der Waals surface area contributed by atoms with Gasteiger partial charge in [0.05, 0.1) is 6.10 Å². The Kier molecular flexibility index (Phi) is 4.69. The molecule has 3 fully saturated rings. The zero-order valence-electron chi connectivity index (χ0n) is 13.1. The number of hydrogen-bond donors (Lipinski definition) is 2. The first-order chi connectivity index (χ1) is 10.1. The van der Waals surface area contributed by atoms with E-state index in [9.17, 15) is 9.90 Å². The highest BCUT2D eigenvalue weighted by atomic mass is 16.3. The number of nitrogens with one attached hydrogen (secondary N) is 1. The summed E-state index contributed by atoms with van der Waals surface area (Å²) in [6.45, 7) is 2.56. The van der Waals surface area contributed by atoms with Crippen molar-refractivity contribution in [1.82, 2.24) is 15.1 Å². The van der Waals surface area contributed by atoms with Crippen molar-refractivity contribution in [3.8, 4) is 0 Å². The van der Waals surface area contributed by atoms with Gasteiger partial charge in [-0.2, -0.15) is 0 Å². The van der Waals surface area contributed by atoms with Gasteiger partial charge in [0.2, 0.25) is 0 Å². The standard InChI is InChI=1S/C16H29N3O2/c1-18(11-15(20)12-6-7-12)16(21)17-13-8-9-19(10-13)14-4-2-3-5-14/h12-15,20H,2-11H2,1H3,(H,17,21). The zero-order valence-corrected chi connectivity index (χ0v) is 13.1. The summed E-state index contributed by atoms with van der Waals surface area (Å²) >= 11 is 0. The molecular weight excluding hydrogens is 266 g/mol. The molecule has 2 N–H and O–H groups in total. The van der Waals surface area contributed by atoms with E-state index in [1.165, 1.54) is 25.7 Å². The molecule has 3 aliphatic rings. The third kappa shape index (κ3) is 3.89. The van der Waals surface area contributed by atoms with Gasteiger partial charge in [0.25, 0.3) is 0 Å². The lowest BCUT2D eigenvalue weighted by Gasteiger charge is -2.25. The molecule has 2 unspecified atom stereocenters. The maximum Gasteiger partial charge on any atom is 0.317 e. The lowest BCUT2D eigenvalue weighted by molar-refractivity contribution is 0.112. The van der Waals surface area contributed by atoms with Crippen LogP contribution in [0.3, 0.4) is 0 Å². The maximum atomic E-state index is 12.2. The molecule has 21 heavy (non-hydrogen) atoms. The number of carbonyl (C=O) groups excluding carboxylic acids is 1. The van der Waals surface area contributed by atoms with E-state index in [-0.39, 0.29) is 18.2 Å². The molecule has 0 aromatic heterocycles. The normalized spacial score (nSPS) is 28.8. The molecule has 1 aliphatic heterocycles. The van der Waals surface area contributed by atoms with Gasteiger partial charge in [0, 0.05) is 38.8 Å². The van der Waals surface area contributed by atoms with E-state index in [1.807, 2.05) is 0 Å². The summed E-state index contributed by atoms with van der Waals surface area (Å²) in [5, 5.41) is 13.1. The van der Waals surface area contributed by atoms with Gasteiger partial charge in [-0.05, 0) is 38.0 Å². The summed E-state index contributed by atoms with van der Waals surface area (Å²) in [6.07, 6.45) is 8.30. The Hall–Kier alpha value is -0.810. The van der Waals surface area contributed by atoms with Gasteiger partial charge in [0.1, 0.15) is 0 Å². The second-order valence-corrected chi connectivity index (χ2v) is 7.15. The predicted molar refractivity (Wildman–Crippen MR) is 82.1 cm³/mol. The summed E-state index contributed by atoms with van der Waals surface area (Å²) < 4.78 is 0. The summed E-state index contributed by atoms with van der Waals surface area (Å²) in [5.41, 5.74) is 0. The molecule has 0 aromatic carbocycles. The molecule has 2 amide bonds. The molecular formula is C16H29N3O2. The molecule has 0 spiro atoms. The third-order valence-corrected chi connectivity index (χ3v) is 5.36. The van der Waals surface area contributed by atoms with Gasteiger partial charge >= 0.3 is 6.03 Å². The number of nitrogens with zero attached hydrogens (tertiary/aromatic N) is 2. The van der Waals surface area contributed by atoms with Gasteiger partial charge in [-0.1, -0.05) is 12.8 Å². The highest BCUT2D eigenvalue weighted by Crippen LogP contribution is 2.32. The van der Waals surface area contributed by atoms with Crippen LogP contribution in [-0.2, 0) is 0 Å². The first-order valence-electron chi connectivity index (χ1n) is 8.57. The minimum absolute atomic E-state index is 0.0343. The average Bonchev–Trinajstić information content (AvgIpc) is 2.98. The van der Waals surface area contributed by atoms with Crippen molar-refractivity contribution in [1.29, 1.82) is 0 Å². The Morgan fingerprint density at radius 2 is 2.00 bits per heavy atom. The summed E-state index contributed by atoms with van der Waals surface area (Å²) in [7, 11) is 1.78. The molecule has 0 bridgehead atoms. The Morgan fingerprint density at radius 3 is 2.67 bits per heavy atom. The lowest BCUT2D eigenvalue weighted by Crippen LogP contribution is -2.47. The van der Waals surface area contributed by atoms with Crippen LogP contribution in [0.25, 0.3) is 0 Å². The maximum absolute atomic E-state index is 12.2. The van der Waals surface area contributed by atoms with E-state index in [0.717, 1.165) is 38.4 Å². The number of urea groups is 1. The number of hydrogen-bond acceptors (Lipinski definition) is 3. The van der Waals surface area contributed by atoms with Crippen molar-refractivity contribution in [2.24, 2.45) is 5.92 Å². The summed E-state index contributed by atoms with van der Waals surface area (Å²) in [6, 6.07) is 0.993. The number of rotatable bonds is 5. The van der Waals surface area contributed by atoms with E-state index in [1.54, 1.807) is 11.9 Å². The number of aliphatic hydroxyl groups excluding tert-OH is 1. The second kappa shape index (κ2) is 6.53. The first kappa shape index (κ1) is 15.1. The minimum Gasteiger partial charge on any atom is -0.391 e. The summed E-state index contributed by atoms with van der Waals surface area (Å²) in [4.78, 5) is 16.4. The van der Waals surface area contributed by atoms with Crippen LogP contribution in [0.15, 0.2) is 0 Å². The molecule has 5 nitrogen and oxygen atoms in total. The Bertz CT molecular complexity index is 367. The first-order valence-corrected chi connectivity index (χ1v) is 8.57. The van der Waals surface area contributed by atoms with Crippen LogP contribution in [0.4, 0.5) is 4.79 Å². The van der Waals surface area contributed by atoms with Crippen LogP contribution in [0, 0.1) is 5.92 Å². The summed E-state index contributed by atoms with van der Waals surface area (Å²) in [5.74, 6) is 0.421. The Labute approximate surface area is 127 Å². The van der Waals surface area contributed by atoms with Gasteiger partial charge in [-0.15, -0.1) is 0 Å². The minimum atomic E-state index is -0.348. The van der Waals surface area contributed by atoms with Crippen molar-refractivity contribution in [3.63, 3.8) is 0 Å². The van der Waals surface area contributed by atoms with Crippen LogP contribution < -0.4 is 5.32 Å². The highest BCUT2D eigenvalue weighted by molar-refractivity contribution is 5.74. The second-order valence-electron chi connectivity index (χ2n) is 7.15. The van der Waals surface area contributed by atoms with Crippen LogP contribution >= 0.6 is 0 Å². The van der Waals surface area contributed by atoms with Gasteiger partial charge < -0.3 is 15.3 Å². The van der Waals surface area contributed by atoms with Crippen molar-refractivity contribution in [3.05, 3.63) is 0 Å². The van der Waals surface area contributed by atoms with Crippen LogP contribution in [-0.4, -0.2) is 65.8 Å². The fourth-order valence-electron chi connectivity index (χ4n) is 3.78. The number of aliphatic hydroxyl groups is 1. The topological polar surface area (TPSA) is 55.8 Å². The average molecular weight is 295 g/mol. The van der Waals surface area contributed by atoms with E-state index in [0.29, 0.717) is 12.5 Å². The number of likely N-dealkylation sites (N-methyl/N-ethyl adjacent to an activating group) is 1. The zero-order chi connectivity index (χ0) is 14.8. The quantitative estimate of drug-likeness (QED) is 0.806. The SMILES string of the molecule is CN(CC(O)C1CC1)C(=O)NC1CCN(C2CCCC2)C1. The van der Waals surface area contributed by atoms with E-state index in [2.05, 4.69) is 10.2 Å². The van der Waals surface area contributed by atoms with Gasteiger partial charge in [-0.25, -0.2) is 4.79 Å². The predicted octanol–water partition coefficient (Wildman–Crippen LogP) is 1.42. The van der Waals surface area contributed by atoms with Crippen LogP contribution in [0.1, 0.15) is 44.9 Å². The molecule has 5 heteroatoms. The third-order valence-electron chi connectivity index (χ3n) is 5.36. The van der Waals surface area contributed by atoms with Gasteiger partial charge in [-0.3, -0.25) is 4.90 Å². The molecule has 0 aromatic rings. The smallest absolute Gasteiger partial charge is 0.317 e. The fraction of sp³-hybridized carbons (Fsp3) is 0.938. The highest BCUT2D eigenvalue weighted by Gasteiger charge is 2.33. The lowest BCUT2D eigenvalue weighted by atomic mass is 10.2. The monoisotopic (exact) mass is 295 g/mol. The van der Waals surface area contributed by atoms with Crippen LogP contribution in [0.2, 0.25) is 0 Å². The molecule has 0 radical (unpaired) electrons. The molecule has 2 aliphatic carbocycles. The molecule has 2 atom stereocenters. The molecule has 120 valence electrons. The number of carbonyl (C=O) groups is 1. The number of amides is 2. The van der Waals surface area contributed by atoms with Crippen molar-refractivity contribution >= 4 is 6.03 Å². The van der Waals surface area contributed by atoms with Crippen molar-refractivity contribution in [2.45, 2.75) is 63.1 Å². The largest absolute Gasteiger partial charge is 0.391 e. The van der Waals surface area contributed by atoms with E-state index in [4.69, 9.17) is 0 Å². The van der Waals surface area contributed by atoms with Crippen molar-refractivity contribution < 1.29 is 9.90 Å². The van der Waals surface area contributed by atoms with E-state index >= 15 is 0 Å². The van der Waals surface area contributed by atoms with E-state index < -0.39 is 0 Å². The Morgan fingerprint density at radius 1 is 1.29 bits per heavy atom. The molecule has 1 saturated heterocycles. The molecule has 3 rings (SSSR count). The van der Waals surface area contributed by atoms with Crippen molar-refractivity contribution in [2.75, 3.05) is 26.7 Å². The van der Waals surface area contributed by atoms with Gasteiger partial charge in [0.15, 0.2) is 0 Å². The fourth-order valence-corrected chi connectivity index (χ4v) is 3.78. The molecule has 1 heterocycles.